The number of amides is 1. The number of carbonyl (C=O) groups is 1. The zero-order chi connectivity index (χ0) is 9.11. The number of nitrogens with zero attached hydrogens (tertiary/aromatic N) is 1. The van der Waals surface area contributed by atoms with Crippen molar-refractivity contribution in [3.8, 4) is 0 Å². The molecule has 1 aliphatic rings. The topological polar surface area (TPSA) is 46.3 Å². The van der Waals surface area contributed by atoms with Gasteiger partial charge in [0.05, 0.1) is 0 Å². The van der Waals surface area contributed by atoms with Crippen LogP contribution < -0.4 is 5.73 Å². The number of nitrogens with two attached hydrogens (primary N) is 1. The van der Waals surface area contributed by atoms with Gasteiger partial charge in [-0.2, -0.15) is 0 Å². The second-order valence-corrected chi connectivity index (χ2v) is 2.15. The lowest BCUT2D eigenvalue weighted by molar-refractivity contribution is -0.106. The van der Waals surface area contributed by atoms with Crippen LogP contribution in [0.5, 0.6) is 0 Å². The van der Waals surface area contributed by atoms with Gasteiger partial charge in [-0.05, 0) is 33.0 Å². The molecule has 3 heteroatoms. The Hall–Kier alpha value is -0.570. The first kappa shape index (κ1) is 13.1. The predicted octanol–water partition coefficient (Wildman–Crippen LogP) is 0.840. The maximum atomic E-state index is 8.58. The second kappa shape index (κ2) is 12.1. The van der Waals surface area contributed by atoms with Crippen LogP contribution in [0.3, 0.4) is 0 Å². The highest BCUT2D eigenvalue weighted by Gasteiger charge is 2.03. The van der Waals surface area contributed by atoms with Crippen LogP contribution in [-0.4, -0.2) is 31.4 Å². The van der Waals surface area contributed by atoms with Crippen LogP contribution in [0.1, 0.15) is 26.7 Å². The number of carbonyl (C=O) groups excluding carboxylic acids is 1. The lowest BCUT2D eigenvalue weighted by atomic mass is 10.4. The Balaban J connectivity index is 0. The van der Waals surface area contributed by atoms with Crippen molar-refractivity contribution >= 4 is 6.41 Å². The summed E-state index contributed by atoms with van der Waals surface area (Å²) in [6.07, 6.45) is 3.08. The molecule has 0 atom stereocenters. The van der Waals surface area contributed by atoms with Gasteiger partial charge in [0, 0.05) is 0 Å². The lowest BCUT2D eigenvalue weighted by Crippen LogP contribution is -2.10. The molecular weight excluding hydrogens is 140 g/mol. The van der Waals surface area contributed by atoms with Crippen molar-refractivity contribution in [2.75, 3.05) is 20.1 Å². The molecule has 1 amide bonds. The zero-order valence-corrected chi connectivity index (χ0v) is 7.84. The fourth-order valence-corrected chi connectivity index (χ4v) is 0.875. The van der Waals surface area contributed by atoms with Crippen molar-refractivity contribution in [3.05, 3.63) is 0 Å². The van der Waals surface area contributed by atoms with E-state index in [1.807, 2.05) is 13.8 Å². The first-order valence-corrected chi connectivity index (χ1v) is 4.15. The van der Waals surface area contributed by atoms with Gasteiger partial charge in [0.2, 0.25) is 6.41 Å². The first-order valence-electron chi connectivity index (χ1n) is 4.15. The Bertz CT molecular complexity index is 70.5. The van der Waals surface area contributed by atoms with Crippen molar-refractivity contribution < 1.29 is 4.79 Å². The van der Waals surface area contributed by atoms with Crippen LogP contribution in [-0.2, 0) is 4.79 Å². The van der Waals surface area contributed by atoms with Gasteiger partial charge in [-0.25, -0.2) is 0 Å². The average molecular weight is 160 g/mol. The molecule has 0 aromatic carbocycles. The Morgan fingerprint density at radius 1 is 1.27 bits per heavy atom. The number of hydrogen-bond donors (Lipinski definition) is 1. The number of likely N-dealkylation sites (tertiary alicyclic amines) is 1. The number of hydrogen-bond acceptors (Lipinski definition) is 2. The van der Waals surface area contributed by atoms with E-state index >= 15 is 0 Å². The molecule has 3 nitrogen and oxygen atoms in total. The Labute approximate surface area is 69.6 Å². The fraction of sp³-hybridized carbons (Fsp3) is 0.875. The molecule has 0 aromatic rings. The molecule has 1 fully saturated rings. The van der Waals surface area contributed by atoms with E-state index < -0.39 is 0 Å². The summed E-state index contributed by atoms with van der Waals surface area (Å²) in [5, 5.41) is 0. The summed E-state index contributed by atoms with van der Waals surface area (Å²) in [7, 11) is 2.17. The maximum Gasteiger partial charge on any atom is 0.204 e. The third-order valence-corrected chi connectivity index (χ3v) is 1.33. The van der Waals surface area contributed by atoms with E-state index in [-0.39, 0.29) is 6.41 Å². The largest absolute Gasteiger partial charge is 0.372 e. The molecule has 0 aromatic heterocycles. The highest BCUT2D eigenvalue weighted by atomic mass is 16.1. The van der Waals surface area contributed by atoms with Gasteiger partial charge in [0.25, 0.3) is 0 Å². The van der Waals surface area contributed by atoms with Gasteiger partial charge >= 0.3 is 0 Å². The normalized spacial score (nSPS) is 15.5. The molecule has 68 valence electrons. The molecule has 0 spiro atoms. The van der Waals surface area contributed by atoms with Crippen molar-refractivity contribution in [2.24, 2.45) is 5.73 Å². The van der Waals surface area contributed by atoms with Gasteiger partial charge in [0.1, 0.15) is 0 Å². The highest BCUT2D eigenvalue weighted by molar-refractivity contribution is 5.42. The van der Waals surface area contributed by atoms with Gasteiger partial charge in [-0.15, -0.1) is 0 Å². The van der Waals surface area contributed by atoms with Crippen LogP contribution in [0.2, 0.25) is 0 Å². The van der Waals surface area contributed by atoms with E-state index in [4.69, 9.17) is 4.79 Å². The standard InChI is InChI=1S/C5H11N.C2H6.CH3NO/c1-6-4-2-3-5-6;1-2;2-1-3/h2-5H2,1H3;1-2H3;1H,(H2,2,3). The summed E-state index contributed by atoms with van der Waals surface area (Å²) in [6, 6.07) is 0. The zero-order valence-electron chi connectivity index (χ0n) is 7.84. The quantitative estimate of drug-likeness (QED) is 0.534. The van der Waals surface area contributed by atoms with E-state index in [0.717, 1.165) is 0 Å². The molecule has 1 saturated heterocycles. The smallest absolute Gasteiger partial charge is 0.204 e. The average Bonchev–Trinajstić information content (AvgIpc) is 2.46. The maximum absolute atomic E-state index is 8.58. The van der Waals surface area contributed by atoms with E-state index in [2.05, 4.69) is 17.7 Å². The highest BCUT2D eigenvalue weighted by Crippen LogP contribution is 2.01. The van der Waals surface area contributed by atoms with Crippen LogP contribution in [0.4, 0.5) is 0 Å². The minimum atomic E-state index is 0.250. The van der Waals surface area contributed by atoms with E-state index in [1.165, 1.54) is 25.9 Å². The molecule has 0 unspecified atom stereocenters. The van der Waals surface area contributed by atoms with Gasteiger partial charge in [0.15, 0.2) is 0 Å². The molecular formula is C8H20N2O. The third-order valence-electron chi connectivity index (χ3n) is 1.33. The Morgan fingerprint density at radius 3 is 1.64 bits per heavy atom. The molecule has 0 radical (unpaired) electrons. The Morgan fingerprint density at radius 2 is 1.55 bits per heavy atom. The second-order valence-electron chi connectivity index (χ2n) is 2.15. The van der Waals surface area contributed by atoms with Crippen LogP contribution >= 0.6 is 0 Å². The van der Waals surface area contributed by atoms with E-state index in [1.54, 1.807) is 0 Å². The van der Waals surface area contributed by atoms with Crippen molar-refractivity contribution in [1.29, 1.82) is 0 Å². The summed E-state index contributed by atoms with van der Waals surface area (Å²) in [4.78, 5) is 10.9. The van der Waals surface area contributed by atoms with E-state index in [9.17, 15) is 0 Å². The van der Waals surface area contributed by atoms with Gasteiger partial charge in [-0.3, -0.25) is 4.79 Å². The van der Waals surface area contributed by atoms with Crippen molar-refractivity contribution in [2.45, 2.75) is 26.7 Å². The minimum absolute atomic E-state index is 0.250. The fourth-order valence-electron chi connectivity index (χ4n) is 0.875. The molecule has 11 heavy (non-hydrogen) atoms. The first-order chi connectivity index (χ1) is 5.31. The van der Waals surface area contributed by atoms with Crippen LogP contribution in [0.25, 0.3) is 0 Å². The minimum Gasteiger partial charge on any atom is -0.372 e. The van der Waals surface area contributed by atoms with Crippen LogP contribution in [0, 0.1) is 0 Å². The summed E-state index contributed by atoms with van der Waals surface area (Å²) in [6.45, 7) is 6.64. The van der Waals surface area contributed by atoms with Crippen LogP contribution in [0.15, 0.2) is 0 Å². The van der Waals surface area contributed by atoms with E-state index in [0.29, 0.717) is 0 Å². The molecule has 0 bridgehead atoms. The summed E-state index contributed by atoms with van der Waals surface area (Å²) in [5.41, 5.74) is 4.17. The van der Waals surface area contributed by atoms with Crippen molar-refractivity contribution in [3.63, 3.8) is 0 Å². The Kier molecular flexibility index (Phi) is 14.4. The van der Waals surface area contributed by atoms with Gasteiger partial charge < -0.3 is 10.6 Å². The number of primary amides is 1. The molecule has 0 saturated carbocycles. The number of rotatable bonds is 0. The molecule has 0 aliphatic carbocycles. The molecule has 1 aliphatic heterocycles. The van der Waals surface area contributed by atoms with Gasteiger partial charge in [-0.1, -0.05) is 13.8 Å². The van der Waals surface area contributed by atoms with Crippen molar-refractivity contribution in [1.82, 2.24) is 4.90 Å². The summed E-state index contributed by atoms with van der Waals surface area (Å²) >= 11 is 0. The predicted molar refractivity (Wildman–Crippen MR) is 48.3 cm³/mol. The molecule has 1 heterocycles. The molecule has 2 N–H and O–H groups in total. The third kappa shape index (κ3) is 12.6. The lowest BCUT2D eigenvalue weighted by Gasteiger charge is -2.01. The molecule has 1 rings (SSSR count). The SMILES string of the molecule is CC.CN1CCCC1.NC=O. The summed E-state index contributed by atoms with van der Waals surface area (Å²) < 4.78 is 0. The monoisotopic (exact) mass is 160 g/mol. The summed E-state index contributed by atoms with van der Waals surface area (Å²) in [5.74, 6) is 0.